The van der Waals surface area contributed by atoms with Gasteiger partial charge in [0.1, 0.15) is 0 Å². The van der Waals surface area contributed by atoms with Gasteiger partial charge in [-0.05, 0) is 68.0 Å². The van der Waals surface area contributed by atoms with Crippen LogP contribution in [0.4, 0.5) is 5.69 Å². The van der Waals surface area contributed by atoms with Gasteiger partial charge in [-0.2, -0.15) is 0 Å². The summed E-state index contributed by atoms with van der Waals surface area (Å²) in [6, 6.07) is 11.1. The SMILES string of the molecule is Cc1cccc(NS(=O)(=O)c2ccc(Cl)c(C(=O)NCCCOCC3CC3)c2)c1. The molecule has 29 heavy (non-hydrogen) atoms. The molecule has 0 spiro atoms. The lowest BCUT2D eigenvalue weighted by molar-refractivity contribution is 0.0937. The molecule has 0 unspecified atom stereocenters. The van der Waals surface area contributed by atoms with E-state index in [1.54, 1.807) is 18.2 Å². The maximum absolute atomic E-state index is 12.7. The topological polar surface area (TPSA) is 84.5 Å². The molecule has 0 atom stereocenters. The zero-order valence-electron chi connectivity index (χ0n) is 16.3. The Balaban J connectivity index is 1.60. The highest BCUT2D eigenvalue weighted by molar-refractivity contribution is 7.92. The average Bonchev–Trinajstić information content (AvgIpc) is 3.48. The molecule has 1 aliphatic carbocycles. The van der Waals surface area contributed by atoms with Crippen molar-refractivity contribution in [2.75, 3.05) is 24.5 Å². The predicted octanol–water partition coefficient (Wildman–Crippen LogP) is 4.00. The van der Waals surface area contributed by atoms with Crippen molar-refractivity contribution in [3.8, 4) is 0 Å². The molecule has 0 heterocycles. The molecule has 2 aromatic carbocycles. The van der Waals surface area contributed by atoms with Gasteiger partial charge in [-0.15, -0.1) is 0 Å². The lowest BCUT2D eigenvalue weighted by atomic mass is 10.2. The first-order chi connectivity index (χ1) is 13.8. The van der Waals surface area contributed by atoms with Crippen molar-refractivity contribution in [2.24, 2.45) is 5.92 Å². The fourth-order valence-corrected chi connectivity index (χ4v) is 4.05. The maximum Gasteiger partial charge on any atom is 0.261 e. The first-order valence-corrected chi connectivity index (χ1v) is 11.5. The number of hydrogen-bond donors (Lipinski definition) is 2. The van der Waals surface area contributed by atoms with Crippen molar-refractivity contribution in [1.29, 1.82) is 0 Å². The number of anilines is 1. The highest BCUT2D eigenvalue weighted by Gasteiger charge is 2.21. The Bertz CT molecular complexity index is 974. The summed E-state index contributed by atoms with van der Waals surface area (Å²) in [4.78, 5) is 12.4. The van der Waals surface area contributed by atoms with Crippen molar-refractivity contribution in [3.05, 3.63) is 58.6 Å². The van der Waals surface area contributed by atoms with Crippen molar-refractivity contribution < 1.29 is 17.9 Å². The van der Waals surface area contributed by atoms with Gasteiger partial charge >= 0.3 is 0 Å². The largest absolute Gasteiger partial charge is 0.381 e. The van der Waals surface area contributed by atoms with Gasteiger partial charge in [0.15, 0.2) is 0 Å². The van der Waals surface area contributed by atoms with Crippen LogP contribution in [0.3, 0.4) is 0 Å². The van der Waals surface area contributed by atoms with Crippen LogP contribution in [0.5, 0.6) is 0 Å². The third-order valence-corrected chi connectivity index (χ3v) is 6.27. The summed E-state index contributed by atoms with van der Waals surface area (Å²) in [5.41, 5.74) is 1.51. The predicted molar refractivity (Wildman–Crippen MR) is 114 cm³/mol. The van der Waals surface area contributed by atoms with Gasteiger partial charge in [0, 0.05) is 25.4 Å². The summed E-state index contributed by atoms with van der Waals surface area (Å²) in [7, 11) is -3.85. The Kier molecular flexibility index (Phi) is 7.16. The third-order valence-electron chi connectivity index (χ3n) is 4.56. The molecule has 1 amide bonds. The van der Waals surface area contributed by atoms with E-state index in [0.29, 0.717) is 31.2 Å². The van der Waals surface area contributed by atoms with Crippen LogP contribution >= 0.6 is 11.6 Å². The van der Waals surface area contributed by atoms with Crippen LogP contribution < -0.4 is 10.0 Å². The number of benzene rings is 2. The summed E-state index contributed by atoms with van der Waals surface area (Å²) >= 11 is 6.13. The molecule has 156 valence electrons. The number of rotatable bonds is 10. The summed E-state index contributed by atoms with van der Waals surface area (Å²) in [5.74, 6) is 0.297. The monoisotopic (exact) mass is 436 g/mol. The normalized spacial score (nSPS) is 13.9. The van der Waals surface area contributed by atoms with Crippen molar-refractivity contribution in [3.63, 3.8) is 0 Å². The fraction of sp³-hybridized carbons (Fsp3) is 0.381. The van der Waals surface area contributed by atoms with Crippen LogP contribution in [0.15, 0.2) is 47.4 Å². The van der Waals surface area contributed by atoms with E-state index in [4.69, 9.17) is 16.3 Å². The quantitative estimate of drug-likeness (QED) is 0.551. The van der Waals surface area contributed by atoms with E-state index < -0.39 is 15.9 Å². The Morgan fingerprint density at radius 2 is 2.00 bits per heavy atom. The van der Waals surface area contributed by atoms with E-state index >= 15 is 0 Å². The molecule has 1 fully saturated rings. The molecule has 2 aromatic rings. The minimum absolute atomic E-state index is 0.0266. The molecule has 3 rings (SSSR count). The van der Waals surface area contributed by atoms with E-state index in [-0.39, 0.29) is 15.5 Å². The van der Waals surface area contributed by atoms with Gasteiger partial charge in [-0.3, -0.25) is 9.52 Å². The molecule has 1 aliphatic rings. The van der Waals surface area contributed by atoms with Gasteiger partial charge in [0.05, 0.1) is 15.5 Å². The fourth-order valence-electron chi connectivity index (χ4n) is 2.77. The minimum atomic E-state index is -3.85. The van der Waals surface area contributed by atoms with E-state index in [1.165, 1.54) is 31.0 Å². The second-order valence-electron chi connectivity index (χ2n) is 7.24. The Morgan fingerprint density at radius 3 is 2.72 bits per heavy atom. The Morgan fingerprint density at radius 1 is 1.21 bits per heavy atom. The minimum Gasteiger partial charge on any atom is -0.381 e. The number of amides is 1. The number of carbonyl (C=O) groups is 1. The highest BCUT2D eigenvalue weighted by Crippen LogP contribution is 2.28. The summed E-state index contributed by atoms with van der Waals surface area (Å²) in [6.45, 7) is 3.67. The molecule has 0 radical (unpaired) electrons. The van der Waals surface area contributed by atoms with Gasteiger partial charge in [0.2, 0.25) is 0 Å². The molecule has 2 N–H and O–H groups in total. The van der Waals surface area contributed by atoms with E-state index in [9.17, 15) is 13.2 Å². The molecule has 0 aromatic heterocycles. The summed E-state index contributed by atoms with van der Waals surface area (Å²) < 4.78 is 33.4. The second kappa shape index (κ2) is 9.61. The van der Waals surface area contributed by atoms with Crippen LogP contribution in [-0.2, 0) is 14.8 Å². The molecular weight excluding hydrogens is 412 g/mol. The first-order valence-electron chi connectivity index (χ1n) is 9.60. The zero-order valence-corrected chi connectivity index (χ0v) is 17.9. The van der Waals surface area contributed by atoms with Crippen LogP contribution in [0, 0.1) is 12.8 Å². The summed E-state index contributed by atoms with van der Waals surface area (Å²) in [5, 5.41) is 2.96. The van der Waals surface area contributed by atoms with Gasteiger partial charge in [-0.25, -0.2) is 8.42 Å². The first kappa shape index (κ1) is 21.6. The van der Waals surface area contributed by atoms with E-state index in [0.717, 1.165) is 12.2 Å². The smallest absolute Gasteiger partial charge is 0.261 e. The van der Waals surface area contributed by atoms with Crippen LogP contribution in [0.25, 0.3) is 0 Å². The number of aryl methyl sites for hydroxylation is 1. The number of sulfonamides is 1. The van der Waals surface area contributed by atoms with E-state index in [2.05, 4.69) is 10.0 Å². The van der Waals surface area contributed by atoms with Crippen molar-refractivity contribution in [2.45, 2.75) is 31.1 Å². The van der Waals surface area contributed by atoms with Gasteiger partial charge in [0.25, 0.3) is 15.9 Å². The van der Waals surface area contributed by atoms with Crippen LogP contribution in [-0.4, -0.2) is 34.1 Å². The molecule has 1 saturated carbocycles. The van der Waals surface area contributed by atoms with Gasteiger partial charge in [-0.1, -0.05) is 23.7 Å². The number of carbonyl (C=O) groups excluding carboxylic acids is 1. The average molecular weight is 437 g/mol. The van der Waals surface area contributed by atoms with Gasteiger partial charge < -0.3 is 10.1 Å². The lowest BCUT2D eigenvalue weighted by Crippen LogP contribution is -2.26. The standard InChI is InChI=1S/C21H25ClN2O4S/c1-15-4-2-5-17(12-15)24-29(26,27)18-8-9-20(22)19(13-18)21(25)23-10-3-11-28-14-16-6-7-16/h2,4-5,8-9,12-13,16,24H,3,6-7,10-11,14H2,1H3,(H,23,25). The van der Waals surface area contributed by atoms with Crippen LogP contribution in [0.1, 0.15) is 35.2 Å². The molecule has 6 nitrogen and oxygen atoms in total. The molecule has 8 heteroatoms. The van der Waals surface area contributed by atoms with Crippen molar-refractivity contribution in [1.82, 2.24) is 5.32 Å². The highest BCUT2D eigenvalue weighted by atomic mass is 35.5. The van der Waals surface area contributed by atoms with E-state index in [1.807, 2.05) is 13.0 Å². The Labute approximate surface area is 176 Å². The molecule has 0 aliphatic heterocycles. The number of nitrogens with one attached hydrogen (secondary N) is 2. The second-order valence-corrected chi connectivity index (χ2v) is 9.33. The van der Waals surface area contributed by atoms with Crippen LogP contribution in [0.2, 0.25) is 5.02 Å². The number of halogens is 1. The zero-order chi connectivity index (χ0) is 20.9. The third kappa shape index (κ3) is 6.45. The number of hydrogen-bond acceptors (Lipinski definition) is 4. The van der Waals surface area contributed by atoms with Crippen molar-refractivity contribution >= 4 is 33.2 Å². The Hall–Kier alpha value is -2.09. The molecular formula is C21H25ClN2O4S. The molecule has 0 saturated heterocycles. The lowest BCUT2D eigenvalue weighted by Gasteiger charge is -2.11. The molecule has 0 bridgehead atoms. The summed E-state index contributed by atoms with van der Waals surface area (Å²) in [6.07, 6.45) is 3.17. The maximum atomic E-state index is 12.7. The number of ether oxygens (including phenoxy) is 1.